The van der Waals surface area contributed by atoms with Crippen LogP contribution >= 0.6 is 0 Å². The molecule has 0 amide bonds. The first-order chi connectivity index (χ1) is 34.4. The molecule has 0 radical (unpaired) electrons. The minimum absolute atomic E-state index is 0.321. The number of carboxylic acid groups (broad SMARTS) is 1. The van der Waals surface area contributed by atoms with Gasteiger partial charge in [-0.15, -0.1) is 0 Å². The summed E-state index contributed by atoms with van der Waals surface area (Å²) in [6.45, 7) is 2.13. The Balaban J connectivity index is 1.07. The molecule has 0 aromatic heterocycles. The van der Waals surface area contributed by atoms with Crippen molar-refractivity contribution in [1.29, 1.82) is 0 Å². The van der Waals surface area contributed by atoms with Crippen molar-refractivity contribution in [1.82, 2.24) is 0 Å². The molecule has 0 heterocycles. The van der Waals surface area contributed by atoms with Gasteiger partial charge in [-0.25, -0.2) is 4.79 Å². The van der Waals surface area contributed by atoms with E-state index in [9.17, 15) is 9.90 Å². The van der Waals surface area contributed by atoms with Crippen LogP contribution in [0, 0.1) is 90.4 Å². The predicted molar refractivity (Wildman–Crippen MR) is 283 cm³/mol. The maximum absolute atomic E-state index is 13.4. The molecule has 2 nitrogen and oxygen atoms in total. The summed E-state index contributed by atoms with van der Waals surface area (Å²) in [7, 11) is 0. The Labute approximate surface area is 399 Å². The molecule has 13 aromatic rings. The second-order valence-electron chi connectivity index (χ2n) is 18.9. The minimum Gasteiger partial charge on any atom is -0.478 e. The Morgan fingerprint density at radius 1 is 0.257 bits per heavy atom. The Kier molecular flexibility index (Phi) is 8.84. The van der Waals surface area contributed by atoms with Gasteiger partial charge in [-0.2, -0.15) is 0 Å². The zero-order chi connectivity index (χ0) is 46.6. The van der Waals surface area contributed by atoms with Crippen molar-refractivity contribution < 1.29 is 9.90 Å². The second-order valence-corrected chi connectivity index (χ2v) is 18.9. The lowest BCUT2D eigenvalue weighted by atomic mass is 9.91. The summed E-state index contributed by atoms with van der Waals surface area (Å²) in [4.78, 5) is 13.4. The highest BCUT2D eigenvalue weighted by Crippen LogP contribution is 2.36. The molecule has 0 unspecified atom stereocenters. The molecule has 23 rings (SSSR count). The van der Waals surface area contributed by atoms with Crippen molar-refractivity contribution in [3.8, 4) is 0 Å². The molecule has 10 aliphatic rings. The SMILES string of the molecule is Cc1c2ccc3ccc4ccc(c(C(=O)O)c4c13)=c1ccc(cc1)=c1ccc(cc1)=c1ccc(cc1)=c1ccc3ccc4ccc(c5ccc1c3c45)=c1ccc(cc1)=c1ccc(cc1)=c1ccc=2cc1. The van der Waals surface area contributed by atoms with Crippen molar-refractivity contribution in [2.45, 2.75) is 6.92 Å². The third kappa shape index (κ3) is 6.24. The molecule has 0 saturated carbocycles. The summed E-state index contributed by atoms with van der Waals surface area (Å²) in [5, 5.41) is 40.0. The van der Waals surface area contributed by atoms with E-state index < -0.39 is 5.97 Å². The van der Waals surface area contributed by atoms with Crippen LogP contribution in [0.15, 0.2) is 231 Å². The number of aromatic carboxylic acids is 1. The number of hydrogen-bond donors (Lipinski definition) is 1. The zero-order valence-corrected chi connectivity index (χ0v) is 38.3. The summed E-state index contributed by atoms with van der Waals surface area (Å²) in [5.41, 5.74) is 1.38. The molecule has 0 spiro atoms. The van der Waals surface area contributed by atoms with E-state index in [2.05, 4.69) is 225 Å². The van der Waals surface area contributed by atoms with Gasteiger partial charge in [-0.1, -0.05) is 231 Å². The molecule has 1 N–H and O–H groups in total. The van der Waals surface area contributed by atoms with Crippen molar-refractivity contribution >= 4 is 59.8 Å². The van der Waals surface area contributed by atoms with E-state index >= 15 is 0 Å². The molecule has 2 heteroatoms. The lowest BCUT2D eigenvalue weighted by Crippen LogP contribution is -2.01. The molecule has 0 atom stereocenters. The molecule has 13 aromatic carbocycles. The fourth-order valence-electron chi connectivity index (χ4n) is 11.6. The van der Waals surface area contributed by atoms with Gasteiger partial charge in [0.2, 0.25) is 0 Å². The molecule has 326 valence electrons. The Morgan fingerprint density at radius 2 is 0.500 bits per heavy atom. The average molecular weight is 891 g/mol. The lowest BCUT2D eigenvalue weighted by molar-refractivity contribution is 0.0698. The van der Waals surface area contributed by atoms with E-state index in [0.717, 1.165) is 74.1 Å². The van der Waals surface area contributed by atoms with E-state index in [4.69, 9.17) is 0 Å². The third-order valence-corrected chi connectivity index (χ3v) is 15.2. The molecule has 0 fully saturated rings. The largest absolute Gasteiger partial charge is 0.478 e. The molecule has 18 bridgehead atoms. The zero-order valence-electron chi connectivity index (χ0n) is 38.3. The summed E-state index contributed by atoms with van der Waals surface area (Å²) in [6, 6.07) is 83.3. The average Bonchev–Trinajstić information content (AvgIpc) is 3.42. The van der Waals surface area contributed by atoms with Crippen LogP contribution in [0.5, 0.6) is 0 Å². The van der Waals surface area contributed by atoms with Crippen LogP contribution in [0.3, 0.4) is 0 Å². The van der Waals surface area contributed by atoms with Gasteiger partial charge in [0.05, 0.1) is 5.56 Å². The molecule has 70 heavy (non-hydrogen) atoms. The summed E-state index contributed by atoms with van der Waals surface area (Å²) >= 11 is 0. The first-order valence-electron chi connectivity index (χ1n) is 24.0. The van der Waals surface area contributed by atoms with Crippen LogP contribution in [-0.2, 0) is 0 Å². The smallest absolute Gasteiger partial charge is 0.336 e. The minimum atomic E-state index is -0.939. The molecule has 0 aliphatic heterocycles. The van der Waals surface area contributed by atoms with E-state index in [1.807, 2.05) is 12.1 Å². The van der Waals surface area contributed by atoms with E-state index in [-0.39, 0.29) is 0 Å². The van der Waals surface area contributed by atoms with Gasteiger partial charge in [0.15, 0.2) is 0 Å². The topological polar surface area (TPSA) is 37.3 Å². The van der Waals surface area contributed by atoms with Crippen molar-refractivity contribution in [3.63, 3.8) is 0 Å². The fraction of sp³-hybridized carbons (Fsp3) is 0.0147. The number of carboxylic acids is 1. The monoisotopic (exact) mass is 890 g/mol. The maximum Gasteiger partial charge on any atom is 0.336 e. The highest BCUT2D eigenvalue weighted by molar-refractivity contribution is 6.23. The van der Waals surface area contributed by atoms with Crippen molar-refractivity contribution in [2.24, 2.45) is 0 Å². The van der Waals surface area contributed by atoms with Crippen LogP contribution < -0.4 is 0 Å². The molecule has 10 aliphatic carbocycles. The van der Waals surface area contributed by atoms with Gasteiger partial charge in [0.25, 0.3) is 0 Å². The van der Waals surface area contributed by atoms with E-state index in [1.165, 1.54) is 63.6 Å². The molecular formula is C68H42O2. The van der Waals surface area contributed by atoms with Gasteiger partial charge in [0, 0.05) is 5.39 Å². The molecule has 0 saturated heterocycles. The first-order valence-corrected chi connectivity index (χ1v) is 24.0. The third-order valence-electron chi connectivity index (χ3n) is 15.2. The first kappa shape index (κ1) is 40.0. The summed E-state index contributed by atoms with van der Waals surface area (Å²) < 4.78 is 0. The van der Waals surface area contributed by atoms with Crippen LogP contribution in [0.1, 0.15) is 15.9 Å². The van der Waals surface area contributed by atoms with Crippen molar-refractivity contribution in [2.75, 3.05) is 0 Å². The number of benzene rings is 13. The van der Waals surface area contributed by atoms with Gasteiger partial charge in [0.1, 0.15) is 0 Å². The Morgan fingerprint density at radius 3 is 0.843 bits per heavy atom. The highest BCUT2D eigenvalue weighted by atomic mass is 16.4. The predicted octanol–water partition coefficient (Wildman–Crippen LogP) is 15.5. The standard InChI is InChI=1S/C68H42O2/c1-40-57-34-30-53-26-29-56-33-37-60(67(68(69)70)66(56)63(40)53)52-24-16-48(17-25-52)44-8-6-43(7-9-44)47-14-22-51(23-15-47)59-36-32-55-28-27-54-31-35-58(61-38-39-62(59)65(55)64(54)61)50-20-12-46(13-21-50)42-4-2-41(3-5-42)45-10-18-49(57)19-11-45/h2-39H,1H3,(H,69,70). The van der Waals surface area contributed by atoms with Crippen LogP contribution in [0.25, 0.3) is 53.9 Å². The van der Waals surface area contributed by atoms with Gasteiger partial charge < -0.3 is 5.11 Å². The second kappa shape index (κ2) is 15.5. The maximum atomic E-state index is 13.4. The number of aryl methyl sites for hydroxylation is 1. The van der Waals surface area contributed by atoms with Crippen LogP contribution in [0.4, 0.5) is 0 Å². The normalized spacial score (nSPS) is 11.9. The molecular weight excluding hydrogens is 849 g/mol. The van der Waals surface area contributed by atoms with Crippen LogP contribution in [-0.4, -0.2) is 11.1 Å². The van der Waals surface area contributed by atoms with E-state index in [0.29, 0.717) is 10.8 Å². The summed E-state index contributed by atoms with van der Waals surface area (Å²) in [5.74, 6) is -0.939. The Bertz CT molecular complexity index is 5170. The number of hydrogen-bond acceptors (Lipinski definition) is 1. The number of carbonyl (C=O) groups is 1. The van der Waals surface area contributed by atoms with Crippen molar-refractivity contribution in [3.05, 3.63) is 325 Å². The number of rotatable bonds is 1. The summed E-state index contributed by atoms with van der Waals surface area (Å²) in [6.07, 6.45) is 0. The highest BCUT2D eigenvalue weighted by Gasteiger charge is 2.16. The van der Waals surface area contributed by atoms with E-state index in [1.54, 1.807) is 0 Å². The lowest BCUT2D eigenvalue weighted by Gasteiger charge is -2.12. The van der Waals surface area contributed by atoms with Crippen LogP contribution in [0.2, 0.25) is 0 Å². The van der Waals surface area contributed by atoms with Gasteiger partial charge in [-0.05, 0) is 144 Å². The quantitative estimate of drug-likeness (QED) is 0.167. The van der Waals surface area contributed by atoms with Gasteiger partial charge >= 0.3 is 5.97 Å². The van der Waals surface area contributed by atoms with Gasteiger partial charge in [-0.3, -0.25) is 0 Å². The fourth-order valence-corrected chi connectivity index (χ4v) is 11.6. The Hall–Kier alpha value is -9.11.